The van der Waals surface area contributed by atoms with Gasteiger partial charge in [-0.3, -0.25) is 0 Å². The second-order valence-corrected chi connectivity index (χ2v) is 6.70. The number of nitrogens with one attached hydrogen (secondary N) is 1. The van der Waals surface area contributed by atoms with Crippen LogP contribution < -0.4 is 10.2 Å². The van der Waals surface area contributed by atoms with Crippen molar-refractivity contribution in [3.05, 3.63) is 36.3 Å². The van der Waals surface area contributed by atoms with E-state index in [-0.39, 0.29) is 11.4 Å². The summed E-state index contributed by atoms with van der Waals surface area (Å²) in [6, 6.07) is 1.74. The molecule has 0 bridgehead atoms. The van der Waals surface area contributed by atoms with Crippen LogP contribution in [0, 0.1) is 11.7 Å². The summed E-state index contributed by atoms with van der Waals surface area (Å²) in [6.07, 6.45) is 3.45. The summed E-state index contributed by atoms with van der Waals surface area (Å²) in [6.45, 7) is 16.1. The summed E-state index contributed by atoms with van der Waals surface area (Å²) < 4.78 is 14.7. The number of aromatic nitrogens is 1. The molecule has 0 fully saturated rings. The van der Waals surface area contributed by atoms with Crippen LogP contribution in [0.3, 0.4) is 0 Å². The molecule has 0 spiro atoms. The second kappa shape index (κ2) is 7.55. The normalized spacial score (nSPS) is 11.8. The molecule has 118 valence electrons. The van der Waals surface area contributed by atoms with Crippen molar-refractivity contribution in [3.63, 3.8) is 0 Å². The van der Waals surface area contributed by atoms with Crippen molar-refractivity contribution in [2.75, 3.05) is 18.0 Å². The van der Waals surface area contributed by atoms with E-state index >= 15 is 0 Å². The highest BCUT2D eigenvalue weighted by atomic mass is 19.1. The fourth-order valence-corrected chi connectivity index (χ4v) is 2.10. The molecule has 1 N–H and O–H groups in total. The van der Waals surface area contributed by atoms with Crippen molar-refractivity contribution in [1.29, 1.82) is 0 Å². The fourth-order valence-electron chi connectivity index (χ4n) is 2.10. The number of halogens is 1. The van der Waals surface area contributed by atoms with Gasteiger partial charge in [0.25, 0.3) is 0 Å². The standard InChI is InChI=1S/C17H28FN3/c1-7-10-21(17(4,5)6)16-15(18)14(8-9-20-16)12-19-11-13(2)3/h7-9,13,19H,1,10-12H2,2-6H3. The van der Waals surface area contributed by atoms with Crippen molar-refractivity contribution in [2.24, 2.45) is 5.92 Å². The van der Waals surface area contributed by atoms with Gasteiger partial charge in [0.15, 0.2) is 11.6 Å². The van der Waals surface area contributed by atoms with Crippen molar-refractivity contribution in [2.45, 2.75) is 46.7 Å². The van der Waals surface area contributed by atoms with Crippen LogP contribution in [0.1, 0.15) is 40.2 Å². The van der Waals surface area contributed by atoms with E-state index < -0.39 is 0 Å². The Balaban J connectivity index is 2.99. The molecule has 3 nitrogen and oxygen atoms in total. The zero-order valence-corrected chi connectivity index (χ0v) is 13.9. The maximum Gasteiger partial charge on any atom is 0.170 e. The maximum absolute atomic E-state index is 14.7. The van der Waals surface area contributed by atoms with Gasteiger partial charge in [0, 0.05) is 30.4 Å². The average Bonchev–Trinajstić information content (AvgIpc) is 2.37. The van der Waals surface area contributed by atoms with E-state index in [0.717, 1.165) is 6.54 Å². The molecule has 0 amide bonds. The predicted molar refractivity (Wildman–Crippen MR) is 88.0 cm³/mol. The molecule has 0 unspecified atom stereocenters. The first-order valence-corrected chi connectivity index (χ1v) is 7.50. The summed E-state index contributed by atoms with van der Waals surface area (Å²) in [4.78, 5) is 6.17. The van der Waals surface area contributed by atoms with Crippen LogP contribution in [0.2, 0.25) is 0 Å². The molecule has 1 aromatic rings. The van der Waals surface area contributed by atoms with Gasteiger partial charge in [0.2, 0.25) is 0 Å². The Kier molecular flexibility index (Phi) is 6.34. The Hall–Kier alpha value is -1.42. The summed E-state index contributed by atoms with van der Waals surface area (Å²) in [5.41, 5.74) is 0.436. The van der Waals surface area contributed by atoms with E-state index in [0.29, 0.717) is 30.4 Å². The maximum atomic E-state index is 14.7. The van der Waals surface area contributed by atoms with E-state index in [9.17, 15) is 4.39 Å². The number of pyridine rings is 1. The van der Waals surface area contributed by atoms with E-state index in [1.807, 2.05) is 25.7 Å². The molecule has 0 aliphatic rings. The minimum absolute atomic E-state index is 0.216. The number of anilines is 1. The van der Waals surface area contributed by atoms with E-state index in [2.05, 4.69) is 30.7 Å². The van der Waals surface area contributed by atoms with Gasteiger partial charge in [0.05, 0.1) is 0 Å². The van der Waals surface area contributed by atoms with Gasteiger partial charge in [-0.15, -0.1) is 6.58 Å². The van der Waals surface area contributed by atoms with Gasteiger partial charge < -0.3 is 10.2 Å². The first kappa shape index (κ1) is 17.6. The molecule has 21 heavy (non-hydrogen) atoms. The number of hydrogen-bond acceptors (Lipinski definition) is 3. The molecule has 0 saturated carbocycles. The molecule has 0 aromatic carbocycles. The molecule has 4 heteroatoms. The van der Waals surface area contributed by atoms with Crippen LogP contribution in [-0.4, -0.2) is 23.6 Å². The monoisotopic (exact) mass is 293 g/mol. The molecule has 0 aliphatic carbocycles. The fraction of sp³-hybridized carbons (Fsp3) is 0.588. The van der Waals surface area contributed by atoms with Gasteiger partial charge >= 0.3 is 0 Å². The topological polar surface area (TPSA) is 28.2 Å². The SMILES string of the molecule is C=CCN(c1nccc(CNCC(C)C)c1F)C(C)(C)C. The molecular formula is C17H28FN3. The van der Waals surface area contributed by atoms with Crippen LogP contribution >= 0.6 is 0 Å². The lowest BCUT2D eigenvalue weighted by molar-refractivity contribution is 0.492. The lowest BCUT2D eigenvalue weighted by Crippen LogP contribution is -2.42. The summed E-state index contributed by atoms with van der Waals surface area (Å²) in [5, 5.41) is 3.27. The lowest BCUT2D eigenvalue weighted by atomic mass is 10.1. The third-order valence-corrected chi connectivity index (χ3v) is 3.20. The summed E-state index contributed by atoms with van der Waals surface area (Å²) in [5.74, 6) is 0.693. The van der Waals surface area contributed by atoms with Gasteiger partial charge in [-0.05, 0) is 39.3 Å². The van der Waals surface area contributed by atoms with Gasteiger partial charge in [-0.25, -0.2) is 9.37 Å². The molecule has 0 atom stereocenters. The molecule has 1 aromatic heterocycles. The molecular weight excluding hydrogens is 265 g/mol. The van der Waals surface area contributed by atoms with E-state index in [4.69, 9.17) is 0 Å². The first-order chi connectivity index (χ1) is 9.77. The largest absolute Gasteiger partial charge is 0.346 e. The number of nitrogens with zero attached hydrogens (tertiary/aromatic N) is 2. The number of rotatable bonds is 7. The van der Waals surface area contributed by atoms with Gasteiger partial charge in [0.1, 0.15) is 0 Å². The van der Waals surface area contributed by atoms with E-state index in [1.54, 1.807) is 18.3 Å². The van der Waals surface area contributed by atoms with Crippen LogP contribution in [0.5, 0.6) is 0 Å². The zero-order chi connectivity index (χ0) is 16.0. The van der Waals surface area contributed by atoms with Crippen molar-refractivity contribution in [3.8, 4) is 0 Å². The Morgan fingerprint density at radius 1 is 1.43 bits per heavy atom. The Morgan fingerprint density at radius 3 is 2.62 bits per heavy atom. The quantitative estimate of drug-likeness (QED) is 0.776. The van der Waals surface area contributed by atoms with Crippen LogP contribution in [0.4, 0.5) is 10.2 Å². The molecule has 0 saturated heterocycles. The average molecular weight is 293 g/mol. The van der Waals surface area contributed by atoms with E-state index in [1.165, 1.54) is 0 Å². The number of hydrogen-bond donors (Lipinski definition) is 1. The Labute approximate surface area is 128 Å². The third kappa shape index (κ3) is 5.12. The first-order valence-electron chi connectivity index (χ1n) is 7.50. The van der Waals surface area contributed by atoms with Crippen molar-refractivity contribution < 1.29 is 4.39 Å². The summed E-state index contributed by atoms with van der Waals surface area (Å²) in [7, 11) is 0. The van der Waals surface area contributed by atoms with Crippen LogP contribution in [-0.2, 0) is 6.54 Å². The third-order valence-electron chi connectivity index (χ3n) is 3.20. The molecule has 1 heterocycles. The smallest absolute Gasteiger partial charge is 0.170 e. The van der Waals surface area contributed by atoms with Crippen molar-refractivity contribution >= 4 is 5.82 Å². The Morgan fingerprint density at radius 2 is 2.10 bits per heavy atom. The highest BCUT2D eigenvalue weighted by Crippen LogP contribution is 2.26. The lowest BCUT2D eigenvalue weighted by Gasteiger charge is -2.36. The second-order valence-electron chi connectivity index (χ2n) is 6.70. The minimum Gasteiger partial charge on any atom is -0.346 e. The highest BCUT2D eigenvalue weighted by Gasteiger charge is 2.25. The van der Waals surface area contributed by atoms with Gasteiger partial charge in [-0.1, -0.05) is 19.9 Å². The highest BCUT2D eigenvalue weighted by molar-refractivity contribution is 5.46. The minimum atomic E-state index is -0.245. The molecule has 0 aliphatic heterocycles. The molecule has 1 rings (SSSR count). The Bertz CT molecular complexity index is 464. The van der Waals surface area contributed by atoms with Gasteiger partial charge in [-0.2, -0.15) is 0 Å². The zero-order valence-electron chi connectivity index (χ0n) is 13.9. The van der Waals surface area contributed by atoms with Crippen LogP contribution in [0.25, 0.3) is 0 Å². The van der Waals surface area contributed by atoms with Crippen LogP contribution in [0.15, 0.2) is 24.9 Å². The predicted octanol–water partition coefficient (Wildman–Crippen LogP) is 3.76. The summed E-state index contributed by atoms with van der Waals surface area (Å²) >= 11 is 0. The van der Waals surface area contributed by atoms with Crippen molar-refractivity contribution in [1.82, 2.24) is 10.3 Å². The molecule has 0 radical (unpaired) electrons.